The molecule has 3 rings (SSSR count). The van der Waals surface area contributed by atoms with Gasteiger partial charge < -0.3 is 10.3 Å². The maximum Gasteiger partial charge on any atom is 0.142 e. The first-order chi connectivity index (χ1) is 10.2. The Kier molecular flexibility index (Phi) is 3.48. The molecule has 5 nitrogen and oxygen atoms in total. The second-order valence-electron chi connectivity index (χ2n) is 4.86. The Bertz CT molecular complexity index is 739. The highest BCUT2D eigenvalue weighted by Crippen LogP contribution is 2.30. The zero-order valence-corrected chi connectivity index (χ0v) is 12.3. The summed E-state index contributed by atoms with van der Waals surface area (Å²) in [6.07, 6.45) is 3.80. The molecule has 0 unspecified atom stereocenters. The molecule has 0 spiro atoms. The first kappa shape index (κ1) is 13.4. The molecule has 0 radical (unpaired) electrons. The third kappa shape index (κ3) is 2.31. The van der Waals surface area contributed by atoms with Gasteiger partial charge in [0.15, 0.2) is 0 Å². The summed E-state index contributed by atoms with van der Waals surface area (Å²) in [4.78, 5) is 4.75. The van der Waals surface area contributed by atoms with Crippen LogP contribution >= 0.6 is 0 Å². The quantitative estimate of drug-likeness (QED) is 0.799. The van der Waals surface area contributed by atoms with Crippen molar-refractivity contribution in [3.05, 3.63) is 42.7 Å². The average Bonchev–Trinajstić information content (AvgIpc) is 3.12. The van der Waals surface area contributed by atoms with Crippen LogP contribution in [0.5, 0.6) is 0 Å². The predicted molar refractivity (Wildman–Crippen MR) is 84.6 cm³/mol. The zero-order chi connectivity index (χ0) is 14.8. The molecule has 3 aromatic rings. The van der Waals surface area contributed by atoms with E-state index in [-0.39, 0.29) is 0 Å². The van der Waals surface area contributed by atoms with Gasteiger partial charge in [0.1, 0.15) is 17.3 Å². The molecule has 2 heterocycles. The number of hydrogen-bond acceptors (Lipinski definition) is 3. The van der Waals surface area contributed by atoms with Crippen LogP contribution in [0.4, 0.5) is 5.82 Å². The van der Waals surface area contributed by atoms with Crippen LogP contribution in [0, 0.1) is 0 Å². The molecule has 0 saturated heterocycles. The van der Waals surface area contributed by atoms with Gasteiger partial charge in [-0.3, -0.25) is 4.68 Å². The number of nitrogens with zero attached hydrogens (tertiary/aromatic N) is 4. The molecule has 0 aliphatic carbocycles. The number of nitrogen functional groups attached to an aromatic ring is 1. The summed E-state index contributed by atoms with van der Waals surface area (Å²) in [6, 6.07) is 10.1. The number of aromatic nitrogens is 4. The van der Waals surface area contributed by atoms with Crippen LogP contribution in [0.25, 0.3) is 22.6 Å². The monoisotopic (exact) mass is 281 g/mol. The van der Waals surface area contributed by atoms with E-state index in [1.165, 1.54) is 0 Å². The number of nitrogens with two attached hydrogens (primary N) is 1. The fourth-order valence-corrected chi connectivity index (χ4v) is 2.46. The van der Waals surface area contributed by atoms with Gasteiger partial charge in [-0.1, -0.05) is 30.3 Å². The Morgan fingerprint density at radius 3 is 2.43 bits per heavy atom. The smallest absolute Gasteiger partial charge is 0.142 e. The molecular formula is C16H19N5. The Morgan fingerprint density at radius 2 is 1.81 bits per heavy atom. The summed E-state index contributed by atoms with van der Waals surface area (Å²) >= 11 is 0. The van der Waals surface area contributed by atoms with Crippen molar-refractivity contribution in [3.8, 4) is 22.6 Å². The number of benzene rings is 1. The van der Waals surface area contributed by atoms with Crippen LogP contribution in [0.3, 0.4) is 0 Å². The van der Waals surface area contributed by atoms with Crippen LogP contribution in [0.2, 0.25) is 0 Å². The highest BCUT2D eigenvalue weighted by Gasteiger charge is 2.17. The van der Waals surface area contributed by atoms with Crippen molar-refractivity contribution < 1.29 is 0 Å². The minimum atomic E-state index is 0.687. The van der Waals surface area contributed by atoms with E-state index < -0.39 is 0 Å². The van der Waals surface area contributed by atoms with Gasteiger partial charge in [0.2, 0.25) is 0 Å². The summed E-state index contributed by atoms with van der Waals surface area (Å²) in [5.74, 6) is 1.59. The Labute approximate surface area is 124 Å². The van der Waals surface area contributed by atoms with E-state index in [9.17, 15) is 0 Å². The van der Waals surface area contributed by atoms with E-state index in [1.54, 1.807) is 0 Å². The molecule has 0 saturated carbocycles. The first-order valence-electron chi connectivity index (χ1n) is 7.18. The van der Waals surface area contributed by atoms with E-state index in [1.807, 2.05) is 52.0 Å². The number of hydrogen-bond donors (Lipinski definition) is 1. The molecular weight excluding hydrogens is 262 g/mol. The molecule has 0 aliphatic rings. The molecule has 21 heavy (non-hydrogen) atoms. The van der Waals surface area contributed by atoms with Crippen molar-refractivity contribution in [3.63, 3.8) is 0 Å². The number of imidazole rings is 1. The average molecular weight is 281 g/mol. The van der Waals surface area contributed by atoms with E-state index in [2.05, 4.69) is 18.9 Å². The molecule has 0 bridgehead atoms. The van der Waals surface area contributed by atoms with Gasteiger partial charge >= 0.3 is 0 Å². The van der Waals surface area contributed by atoms with Gasteiger partial charge in [-0.25, -0.2) is 4.98 Å². The van der Waals surface area contributed by atoms with Gasteiger partial charge in [-0.2, -0.15) is 5.10 Å². The molecule has 5 heteroatoms. The van der Waals surface area contributed by atoms with Crippen LogP contribution in [0.15, 0.2) is 42.7 Å². The maximum atomic E-state index is 6.30. The highest BCUT2D eigenvalue weighted by molar-refractivity contribution is 5.74. The van der Waals surface area contributed by atoms with Gasteiger partial charge in [0.25, 0.3) is 0 Å². The predicted octanol–water partition coefficient (Wildman–Crippen LogP) is 3.04. The standard InChI is InChI=1S/C16H19N5/c1-3-20-11-13(10-18-20)14-15(17)21(4-2)16(19-14)12-8-6-5-7-9-12/h5-11H,3-4,17H2,1-2H3. The van der Waals surface area contributed by atoms with Crippen molar-refractivity contribution in [1.29, 1.82) is 0 Å². The first-order valence-corrected chi connectivity index (χ1v) is 7.18. The Balaban J connectivity index is 2.13. The summed E-state index contributed by atoms with van der Waals surface area (Å²) in [6.45, 7) is 5.74. The van der Waals surface area contributed by atoms with E-state index in [4.69, 9.17) is 10.7 Å². The molecule has 0 atom stereocenters. The summed E-state index contributed by atoms with van der Waals surface area (Å²) in [5, 5.41) is 4.30. The van der Waals surface area contributed by atoms with Gasteiger partial charge in [-0.15, -0.1) is 0 Å². The van der Waals surface area contributed by atoms with Gasteiger partial charge in [-0.05, 0) is 13.8 Å². The van der Waals surface area contributed by atoms with E-state index in [0.29, 0.717) is 5.82 Å². The summed E-state index contributed by atoms with van der Waals surface area (Å²) < 4.78 is 3.91. The Morgan fingerprint density at radius 1 is 1.05 bits per heavy atom. The normalized spacial score (nSPS) is 11.0. The molecule has 108 valence electrons. The second-order valence-corrected chi connectivity index (χ2v) is 4.86. The van der Waals surface area contributed by atoms with Crippen LogP contribution in [0.1, 0.15) is 13.8 Å². The van der Waals surface area contributed by atoms with Gasteiger partial charge in [0.05, 0.1) is 6.20 Å². The largest absolute Gasteiger partial charge is 0.383 e. The third-order valence-electron chi connectivity index (χ3n) is 3.59. The van der Waals surface area contributed by atoms with Crippen molar-refractivity contribution >= 4 is 5.82 Å². The lowest BCUT2D eigenvalue weighted by atomic mass is 10.2. The number of anilines is 1. The number of rotatable bonds is 4. The third-order valence-corrected chi connectivity index (χ3v) is 3.59. The van der Waals surface area contributed by atoms with Crippen molar-refractivity contribution in [1.82, 2.24) is 19.3 Å². The molecule has 0 aliphatic heterocycles. The number of aryl methyl sites for hydroxylation is 1. The maximum absolute atomic E-state index is 6.30. The van der Waals surface area contributed by atoms with Crippen LogP contribution in [-0.4, -0.2) is 19.3 Å². The molecule has 2 N–H and O–H groups in total. The minimum Gasteiger partial charge on any atom is -0.383 e. The van der Waals surface area contributed by atoms with Gasteiger partial charge in [0, 0.05) is 30.4 Å². The lowest BCUT2D eigenvalue weighted by Crippen LogP contribution is -2.02. The zero-order valence-electron chi connectivity index (χ0n) is 12.3. The lowest BCUT2D eigenvalue weighted by molar-refractivity contribution is 0.660. The van der Waals surface area contributed by atoms with Crippen LogP contribution < -0.4 is 5.73 Å². The summed E-state index contributed by atoms with van der Waals surface area (Å²) in [5.41, 5.74) is 9.13. The molecule has 0 fully saturated rings. The highest BCUT2D eigenvalue weighted by atomic mass is 15.3. The molecule has 1 aromatic carbocycles. The lowest BCUT2D eigenvalue weighted by Gasteiger charge is -2.06. The van der Waals surface area contributed by atoms with Crippen molar-refractivity contribution in [2.45, 2.75) is 26.9 Å². The summed E-state index contributed by atoms with van der Waals surface area (Å²) in [7, 11) is 0. The Hall–Kier alpha value is -2.56. The fraction of sp³-hybridized carbons (Fsp3) is 0.250. The molecule has 0 amide bonds. The second kappa shape index (κ2) is 5.44. The van der Waals surface area contributed by atoms with E-state index in [0.717, 1.165) is 35.7 Å². The van der Waals surface area contributed by atoms with Crippen LogP contribution in [-0.2, 0) is 13.1 Å². The SMILES string of the molecule is CCn1cc(-c2nc(-c3ccccc3)n(CC)c2N)cn1. The van der Waals surface area contributed by atoms with Crippen molar-refractivity contribution in [2.75, 3.05) is 5.73 Å². The van der Waals surface area contributed by atoms with E-state index >= 15 is 0 Å². The van der Waals surface area contributed by atoms with Crippen molar-refractivity contribution in [2.24, 2.45) is 0 Å². The minimum absolute atomic E-state index is 0.687. The fourth-order valence-electron chi connectivity index (χ4n) is 2.46. The molecule has 2 aromatic heterocycles. The topological polar surface area (TPSA) is 61.7 Å².